The van der Waals surface area contributed by atoms with E-state index in [0.717, 1.165) is 7.11 Å². The molecule has 0 aliphatic heterocycles. The van der Waals surface area contributed by atoms with Crippen LogP contribution in [-0.4, -0.2) is 41.7 Å². The van der Waals surface area contributed by atoms with Crippen LogP contribution in [0.5, 0.6) is 0 Å². The Labute approximate surface area is 97.6 Å². The van der Waals surface area contributed by atoms with Crippen LogP contribution in [0.3, 0.4) is 0 Å². The van der Waals surface area contributed by atoms with E-state index in [-0.39, 0.29) is 12.2 Å². The molecule has 1 atom stereocenters. The van der Waals surface area contributed by atoms with Crippen LogP contribution in [0.4, 0.5) is 5.69 Å². The number of anilines is 1. The number of nitrogens with one attached hydrogen (secondary N) is 1. The predicted molar refractivity (Wildman–Crippen MR) is 59.0 cm³/mol. The summed E-state index contributed by atoms with van der Waals surface area (Å²) < 4.78 is 4.29. The largest absolute Gasteiger partial charge is 0.467 e. The fourth-order valence-electron chi connectivity index (χ4n) is 1.04. The average Bonchev–Trinajstić information content (AvgIpc) is 2.35. The maximum absolute atomic E-state index is 11.5. The number of rotatable bonds is 4. The average molecular weight is 239 g/mol. The molecule has 7 heteroatoms. The van der Waals surface area contributed by atoms with Gasteiger partial charge in [0.15, 0.2) is 6.10 Å². The third kappa shape index (κ3) is 3.72. The van der Waals surface area contributed by atoms with Gasteiger partial charge in [-0.15, -0.1) is 0 Å². The van der Waals surface area contributed by atoms with Crippen molar-refractivity contribution in [2.45, 2.75) is 6.10 Å². The summed E-state index contributed by atoms with van der Waals surface area (Å²) >= 11 is 0. The van der Waals surface area contributed by atoms with Gasteiger partial charge >= 0.3 is 5.97 Å². The van der Waals surface area contributed by atoms with E-state index in [0.29, 0.717) is 5.69 Å². The summed E-state index contributed by atoms with van der Waals surface area (Å²) in [5.74, 6) is -1.32. The summed E-state index contributed by atoms with van der Waals surface area (Å²) in [5.41, 5.74) is 6.00. The van der Waals surface area contributed by atoms with Crippen molar-refractivity contribution in [2.75, 3.05) is 19.4 Å². The molecule has 1 aromatic heterocycles. The van der Waals surface area contributed by atoms with E-state index in [4.69, 9.17) is 5.73 Å². The monoisotopic (exact) mass is 239 g/mol. The zero-order chi connectivity index (χ0) is 12.8. The number of aromatic nitrogens is 1. The Hall–Kier alpha value is -2.15. The first-order valence-corrected chi connectivity index (χ1v) is 4.80. The van der Waals surface area contributed by atoms with Crippen LogP contribution in [0, 0.1) is 0 Å². The molecule has 0 aliphatic carbocycles. The van der Waals surface area contributed by atoms with E-state index < -0.39 is 18.0 Å². The minimum Gasteiger partial charge on any atom is -0.467 e. The molecule has 0 saturated carbocycles. The molecule has 0 bridgehead atoms. The molecule has 0 aromatic carbocycles. The van der Waals surface area contributed by atoms with E-state index in [9.17, 15) is 14.7 Å². The number of carbonyl (C=O) groups is 2. The molecule has 4 N–H and O–H groups in total. The number of methoxy groups -OCH3 is 1. The maximum atomic E-state index is 11.5. The first-order chi connectivity index (χ1) is 8.04. The standard InChI is InChI=1S/C10H13N3O4/c1-17-10(16)8(14)5-13-9(15)7-3-2-6(11)4-12-7/h2-4,8,14H,5,11H2,1H3,(H,13,15). The Morgan fingerprint density at radius 3 is 2.82 bits per heavy atom. The molecule has 0 spiro atoms. The third-order valence-electron chi connectivity index (χ3n) is 1.95. The van der Waals surface area contributed by atoms with Crippen LogP contribution < -0.4 is 11.1 Å². The van der Waals surface area contributed by atoms with Crippen molar-refractivity contribution in [3.05, 3.63) is 24.0 Å². The van der Waals surface area contributed by atoms with Crippen molar-refractivity contribution in [2.24, 2.45) is 0 Å². The summed E-state index contributed by atoms with van der Waals surface area (Å²) in [6.45, 7) is -0.239. The van der Waals surface area contributed by atoms with Gasteiger partial charge in [-0.2, -0.15) is 0 Å². The first kappa shape index (κ1) is 12.9. The number of carbonyl (C=O) groups excluding carboxylic acids is 2. The predicted octanol–water partition coefficient (Wildman–Crippen LogP) is -1.07. The van der Waals surface area contributed by atoms with Crippen molar-refractivity contribution in [1.29, 1.82) is 0 Å². The summed E-state index contributed by atoms with van der Waals surface area (Å²) in [6, 6.07) is 2.97. The Bertz CT molecular complexity index is 405. The van der Waals surface area contributed by atoms with Crippen LogP contribution in [0.25, 0.3) is 0 Å². The number of ether oxygens (including phenoxy) is 1. The fourth-order valence-corrected chi connectivity index (χ4v) is 1.04. The Morgan fingerprint density at radius 2 is 2.29 bits per heavy atom. The number of pyridine rings is 1. The van der Waals surface area contributed by atoms with Crippen molar-refractivity contribution in [3.8, 4) is 0 Å². The molecule has 1 unspecified atom stereocenters. The first-order valence-electron chi connectivity index (χ1n) is 4.80. The van der Waals surface area contributed by atoms with E-state index in [1.165, 1.54) is 18.3 Å². The number of hydrogen-bond donors (Lipinski definition) is 3. The maximum Gasteiger partial charge on any atom is 0.336 e. The third-order valence-corrected chi connectivity index (χ3v) is 1.95. The number of nitrogens with zero attached hydrogens (tertiary/aromatic N) is 1. The van der Waals surface area contributed by atoms with Crippen LogP contribution in [-0.2, 0) is 9.53 Å². The minimum atomic E-state index is -1.39. The summed E-state index contributed by atoms with van der Waals surface area (Å²) in [7, 11) is 1.15. The smallest absolute Gasteiger partial charge is 0.336 e. The molecule has 0 radical (unpaired) electrons. The molecule has 0 aliphatic rings. The molecule has 92 valence electrons. The topological polar surface area (TPSA) is 115 Å². The van der Waals surface area contributed by atoms with Gasteiger partial charge in [0.2, 0.25) is 0 Å². The molecule has 1 aromatic rings. The Balaban J connectivity index is 2.50. The molecular formula is C10H13N3O4. The zero-order valence-corrected chi connectivity index (χ0v) is 9.21. The van der Waals surface area contributed by atoms with E-state index in [2.05, 4.69) is 15.0 Å². The Kier molecular flexibility index (Phi) is 4.41. The normalized spacial score (nSPS) is 11.6. The minimum absolute atomic E-state index is 0.149. The van der Waals surface area contributed by atoms with Gasteiger partial charge < -0.3 is 20.9 Å². The lowest BCUT2D eigenvalue weighted by Crippen LogP contribution is -2.37. The lowest BCUT2D eigenvalue weighted by Gasteiger charge is -2.09. The van der Waals surface area contributed by atoms with Gasteiger partial charge in [-0.05, 0) is 12.1 Å². The highest BCUT2D eigenvalue weighted by atomic mass is 16.5. The van der Waals surface area contributed by atoms with Gasteiger partial charge in [0.25, 0.3) is 5.91 Å². The van der Waals surface area contributed by atoms with Crippen LogP contribution in [0.1, 0.15) is 10.5 Å². The van der Waals surface area contributed by atoms with Crippen LogP contribution in [0.2, 0.25) is 0 Å². The van der Waals surface area contributed by atoms with Gasteiger partial charge in [-0.25, -0.2) is 9.78 Å². The molecular weight excluding hydrogens is 226 g/mol. The molecule has 1 amide bonds. The number of nitrogen functional groups attached to an aromatic ring is 1. The summed E-state index contributed by atoms with van der Waals surface area (Å²) in [4.78, 5) is 26.1. The molecule has 1 heterocycles. The Morgan fingerprint density at radius 1 is 1.59 bits per heavy atom. The lowest BCUT2D eigenvalue weighted by atomic mass is 10.3. The summed E-state index contributed by atoms with van der Waals surface area (Å²) in [6.07, 6.45) is -0.0521. The number of esters is 1. The molecule has 0 saturated heterocycles. The number of hydrogen-bond acceptors (Lipinski definition) is 6. The summed E-state index contributed by atoms with van der Waals surface area (Å²) in [5, 5.41) is 11.6. The van der Waals surface area contributed by atoms with Crippen molar-refractivity contribution in [1.82, 2.24) is 10.3 Å². The van der Waals surface area contributed by atoms with E-state index >= 15 is 0 Å². The SMILES string of the molecule is COC(=O)C(O)CNC(=O)c1ccc(N)cn1. The van der Waals surface area contributed by atoms with Crippen LogP contribution >= 0.6 is 0 Å². The van der Waals surface area contributed by atoms with Gasteiger partial charge in [0.05, 0.1) is 25.5 Å². The van der Waals surface area contributed by atoms with Gasteiger partial charge in [-0.3, -0.25) is 4.79 Å². The number of aliphatic hydroxyl groups excluding tert-OH is 1. The second-order valence-electron chi connectivity index (χ2n) is 3.23. The van der Waals surface area contributed by atoms with Crippen molar-refractivity contribution < 1.29 is 19.4 Å². The van der Waals surface area contributed by atoms with Gasteiger partial charge in [-0.1, -0.05) is 0 Å². The van der Waals surface area contributed by atoms with Gasteiger partial charge in [0.1, 0.15) is 5.69 Å². The molecule has 17 heavy (non-hydrogen) atoms. The lowest BCUT2D eigenvalue weighted by molar-refractivity contribution is -0.149. The highest BCUT2D eigenvalue weighted by Gasteiger charge is 2.16. The fraction of sp³-hybridized carbons (Fsp3) is 0.300. The molecule has 7 nitrogen and oxygen atoms in total. The number of amides is 1. The van der Waals surface area contributed by atoms with E-state index in [1.807, 2.05) is 0 Å². The van der Waals surface area contributed by atoms with E-state index in [1.54, 1.807) is 0 Å². The molecule has 1 rings (SSSR count). The zero-order valence-electron chi connectivity index (χ0n) is 9.21. The second-order valence-corrected chi connectivity index (χ2v) is 3.23. The number of nitrogens with two attached hydrogens (primary N) is 1. The van der Waals surface area contributed by atoms with Crippen LogP contribution in [0.15, 0.2) is 18.3 Å². The van der Waals surface area contributed by atoms with Crippen molar-refractivity contribution >= 4 is 17.6 Å². The molecule has 0 fully saturated rings. The quantitative estimate of drug-likeness (QED) is 0.576. The number of aliphatic hydroxyl groups is 1. The van der Waals surface area contributed by atoms with Crippen molar-refractivity contribution in [3.63, 3.8) is 0 Å². The highest BCUT2D eigenvalue weighted by Crippen LogP contribution is 2.00. The van der Waals surface area contributed by atoms with Gasteiger partial charge in [0, 0.05) is 0 Å². The highest BCUT2D eigenvalue weighted by molar-refractivity contribution is 5.92. The second kappa shape index (κ2) is 5.80.